The number of hydrogen-bond donors (Lipinski definition) is 0. The van der Waals surface area contributed by atoms with Crippen molar-refractivity contribution in [1.82, 2.24) is 15.1 Å². The third-order valence-corrected chi connectivity index (χ3v) is 3.82. The standard InChI is InChI=1S/C12H19N3O2S/c1-2-10-13-14-12(17-10)18-9-6-11(16)15-7-4-3-5-8-15/h2-9H2,1H3. The van der Waals surface area contributed by atoms with Crippen LogP contribution in [0, 0.1) is 0 Å². The van der Waals surface area contributed by atoms with Crippen molar-refractivity contribution >= 4 is 17.7 Å². The summed E-state index contributed by atoms with van der Waals surface area (Å²) in [7, 11) is 0. The minimum atomic E-state index is 0.248. The molecule has 0 spiro atoms. The lowest BCUT2D eigenvalue weighted by molar-refractivity contribution is -0.131. The fourth-order valence-corrected chi connectivity index (χ4v) is 2.67. The molecule has 2 rings (SSSR count). The highest BCUT2D eigenvalue weighted by Crippen LogP contribution is 2.18. The molecule has 0 bridgehead atoms. The zero-order valence-corrected chi connectivity index (χ0v) is 11.5. The molecule has 0 unspecified atom stereocenters. The number of rotatable bonds is 5. The minimum Gasteiger partial charge on any atom is -0.416 e. The number of carbonyl (C=O) groups excluding carboxylic acids is 1. The monoisotopic (exact) mass is 269 g/mol. The van der Waals surface area contributed by atoms with Gasteiger partial charge in [0.1, 0.15) is 0 Å². The lowest BCUT2D eigenvalue weighted by Crippen LogP contribution is -2.35. The maximum absolute atomic E-state index is 11.9. The Morgan fingerprint density at radius 3 is 2.78 bits per heavy atom. The SMILES string of the molecule is CCc1nnc(SCCC(=O)N2CCCCC2)o1. The van der Waals surface area contributed by atoms with Gasteiger partial charge in [-0.15, -0.1) is 10.2 Å². The van der Waals surface area contributed by atoms with Crippen molar-refractivity contribution in [3.63, 3.8) is 0 Å². The lowest BCUT2D eigenvalue weighted by Gasteiger charge is -2.26. The van der Waals surface area contributed by atoms with Crippen molar-refractivity contribution in [2.24, 2.45) is 0 Å². The Kier molecular flexibility index (Phi) is 5.04. The summed E-state index contributed by atoms with van der Waals surface area (Å²) in [5.41, 5.74) is 0. The highest BCUT2D eigenvalue weighted by Gasteiger charge is 2.16. The maximum Gasteiger partial charge on any atom is 0.276 e. The molecule has 1 aliphatic rings. The van der Waals surface area contributed by atoms with Gasteiger partial charge >= 0.3 is 0 Å². The van der Waals surface area contributed by atoms with Crippen LogP contribution in [0.2, 0.25) is 0 Å². The van der Waals surface area contributed by atoms with E-state index in [-0.39, 0.29) is 5.91 Å². The molecule has 0 aromatic carbocycles. The first-order chi connectivity index (χ1) is 8.79. The molecule has 2 heterocycles. The second-order valence-electron chi connectivity index (χ2n) is 4.36. The number of hydrogen-bond acceptors (Lipinski definition) is 5. The average Bonchev–Trinajstić information content (AvgIpc) is 2.87. The summed E-state index contributed by atoms with van der Waals surface area (Å²) >= 11 is 1.46. The van der Waals surface area contributed by atoms with E-state index in [0.29, 0.717) is 23.3 Å². The van der Waals surface area contributed by atoms with Gasteiger partial charge in [0.2, 0.25) is 11.8 Å². The van der Waals surface area contributed by atoms with Crippen LogP contribution < -0.4 is 0 Å². The Morgan fingerprint density at radius 1 is 1.33 bits per heavy atom. The molecule has 1 amide bonds. The number of aromatic nitrogens is 2. The predicted molar refractivity (Wildman–Crippen MR) is 69.4 cm³/mol. The van der Waals surface area contributed by atoms with Crippen molar-refractivity contribution in [2.75, 3.05) is 18.8 Å². The van der Waals surface area contributed by atoms with Gasteiger partial charge in [0, 0.05) is 31.7 Å². The van der Waals surface area contributed by atoms with Gasteiger partial charge in [-0.2, -0.15) is 0 Å². The van der Waals surface area contributed by atoms with Crippen LogP contribution >= 0.6 is 11.8 Å². The summed E-state index contributed by atoms with van der Waals surface area (Å²) in [5, 5.41) is 8.38. The van der Waals surface area contributed by atoms with Gasteiger partial charge in [-0.25, -0.2) is 0 Å². The van der Waals surface area contributed by atoms with E-state index in [1.54, 1.807) is 0 Å². The summed E-state index contributed by atoms with van der Waals surface area (Å²) < 4.78 is 5.38. The fraction of sp³-hybridized carbons (Fsp3) is 0.750. The van der Waals surface area contributed by atoms with E-state index >= 15 is 0 Å². The minimum absolute atomic E-state index is 0.248. The molecule has 100 valence electrons. The van der Waals surface area contributed by atoms with Crippen molar-refractivity contribution in [2.45, 2.75) is 44.3 Å². The van der Waals surface area contributed by atoms with E-state index in [1.807, 2.05) is 11.8 Å². The van der Waals surface area contributed by atoms with Gasteiger partial charge in [0.25, 0.3) is 5.22 Å². The molecule has 6 heteroatoms. The number of likely N-dealkylation sites (tertiary alicyclic amines) is 1. The molecule has 0 atom stereocenters. The molecule has 0 aliphatic carbocycles. The van der Waals surface area contributed by atoms with Crippen LogP contribution in [0.3, 0.4) is 0 Å². The van der Waals surface area contributed by atoms with E-state index < -0.39 is 0 Å². The fourth-order valence-electron chi connectivity index (χ4n) is 1.97. The quantitative estimate of drug-likeness (QED) is 0.766. The average molecular weight is 269 g/mol. The smallest absolute Gasteiger partial charge is 0.276 e. The molecular formula is C12H19N3O2S. The van der Waals surface area contributed by atoms with Crippen LogP contribution in [-0.4, -0.2) is 39.8 Å². The van der Waals surface area contributed by atoms with Crippen LogP contribution in [0.1, 0.15) is 38.5 Å². The van der Waals surface area contributed by atoms with Crippen LogP contribution in [0.25, 0.3) is 0 Å². The van der Waals surface area contributed by atoms with E-state index in [9.17, 15) is 4.79 Å². The molecule has 0 N–H and O–H groups in total. The molecule has 18 heavy (non-hydrogen) atoms. The van der Waals surface area contributed by atoms with E-state index in [1.165, 1.54) is 18.2 Å². The maximum atomic E-state index is 11.9. The Bertz CT molecular complexity index is 388. The van der Waals surface area contributed by atoms with Crippen LogP contribution in [-0.2, 0) is 11.2 Å². The normalized spacial score (nSPS) is 15.9. The third-order valence-electron chi connectivity index (χ3n) is 3.00. The van der Waals surface area contributed by atoms with Crippen molar-refractivity contribution in [1.29, 1.82) is 0 Å². The Labute approximate surface area is 111 Å². The van der Waals surface area contributed by atoms with Gasteiger partial charge in [-0.1, -0.05) is 18.7 Å². The summed E-state index contributed by atoms with van der Waals surface area (Å²) in [6, 6.07) is 0. The van der Waals surface area contributed by atoms with Crippen molar-refractivity contribution in [3.8, 4) is 0 Å². The van der Waals surface area contributed by atoms with Crippen molar-refractivity contribution in [3.05, 3.63) is 5.89 Å². The second kappa shape index (κ2) is 6.78. The molecule has 5 nitrogen and oxygen atoms in total. The number of nitrogens with zero attached hydrogens (tertiary/aromatic N) is 3. The van der Waals surface area contributed by atoms with Gasteiger partial charge < -0.3 is 9.32 Å². The molecule has 1 aromatic heterocycles. The number of amides is 1. The predicted octanol–water partition coefficient (Wildman–Crippen LogP) is 2.13. The summed E-state index contributed by atoms with van der Waals surface area (Å²) in [6.07, 6.45) is 4.83. The number of carbonyl (C=O) groups is 1. The first kappa shape index (κ1) is 13.4. The molecule has 0 saturated carbocycles. The number of thioether (sulfide) groups is 1. The third kappa shape index (κ3) is 3.73. The van der Waals surface area contributed by atoms with Gasteiger partial charge in [0.05, 0.1) is 0 Å². The highest BCUT2D eigenvalue weighted by atomic mass is 32.2. The molecule has 1 saturated heterocycles. The van der Waals surface area contributed by atoms with Crippen LogP contribution in [0.5, 0.6) is 0 Å². The summed E-state index contributed by atoms with van der Waals surface area (Å²) in [4.78, 5) is 13.9. The van der Waals surface area contributed by atoms with Crippen LogP contribution in [0.15, 0.2) is 9.64 Å². The first-order valence-corrected chi connectivity index (χ1v) is 7.51. The second-order valence-corrected chi connectivity index (χ2v) is 5.40. The Morgan fingerprint density at radius 2 is 2.11 bits per heavy atom. The Hall–Kier alpha value is -1.04. The van der Waals surface area contributed by atoms with E-state index in [4.69, 9.17) is 4.42 Å². The largest absolute Gasteiger partial charge is 0.416 e. The van der Waals surface area contributed by atoms with Gasteiger partial charge in [0.15, 0.2) is 0 Å². The van der Waals surface area contributed by atoms with Gasteiger partial charge in [-0.05, 0) is 19.3 Å². The molecule has 0 radical (unpaired) electrons. The lowest BCUT2D eigenvalue weighted by atomic mass is 10.1. The summed E-state index contributed by atoms with van der Waals surface area (Å²) in [5.74, 6) is 1.61. The van der Waals surface area contributed by atoms with E-state index in [2.05, 4.69) is 10.2 Å². The number of piperidine rings is 1. The topological polar surface area (TPSA) is 59.2 Å². The zero-order chi connectivity index (χ0) is 12.8. The molecule has 1 aromatic rings. The van der Waals surface area contributed by atoms with E-state index in [0.717, 1.165) is 32.4 Å². The molecular weight excluding hydrogens is 250 g/mol. The Balaban J connectivity index is 1.69. The zero-order valence-electron chi connectivity index (χ0n) is 10.7. The highest BCUT2D eigenvalue weighted by molar-refractivity contribution is 7.99. The molecule has 1 aliphatic heterocycles. The van der Waals surface area contributed by atoms with Crippen LogP contribution in [0.4, 0.5) is 0 Å². The van der Waals surface area contributed by atoms with Crippen molar-refractivity contribution < 1.29 is 9.21 Å². The van der Waals surface area contributed by atoms with Gasteiger partial charge in [-0.3, -0.25) is 4.79 Å². The molecule has 1 fully saturated rings. The number of aryl methyl sites for hydroxylation is 1. The first-order valence-electron chi connectivity index (χ1n) is 6.52. The summed E-state index contributed by atoms with van der Waals surface area (Å²) in [6.45, 7) is 3.82.